The first-order valence-corrected chi connectivity index (χ1v) is 6.58. The van der Waals surface area contributed by atoms with Gasteiger partial charge in [0.2, 0.25) is 0 Å². The molecular weight excluding hydrogens is 256 g/mol. The van der Waals surface area contributed by atoms with Crippen LogP contribution in [0.5, 0.6) is 0 Å². The van der Waals surface area contributed by atoms with Crippen molar-refractivity contribution in [1.29, 1.82) is 0 Å². The van der Waals surface area contributed by atoms with Gasteiger partial charge in [0, 0.05) is 13.2 Å². The van der Waals surface area contributed by atoms with E-state index >= 15 is 0 Å². The summed E-state index contributed by atoms with van der Waals surface area (Å²) < 4.78 is 20.4. The molecule has 0 aromatic carbocycles. The Hall–Kier alpha value is -0.280. The summed E-state index contributed by atoms with van der Waals surface area (Å²) in [4.78, 5) is 0. The van der Waals surface area contributed by atoms with Crippen molar-refractivity contribution in [1.82, 2.24) is 0 Å². The van der Waals surface area contributed by atoms with Crippen LogP contribution in [0.15, 0.2) is 0 Å². The second-order valence-corrected chi connectivity index (χ2v) is 4.44. The summed E-state index contributed by atoms with van der Waals surface area (Å²) in [5.41, 5.74) is 0. The third-order valence-electron chi connectivity index (χ3n) is 2.44. The molecule has 3 N–H and O–H groups in total. The summed E-state index contributed by atoms with van der Waals surface area (Å²) in [6.45, 7) is 2.02. The molecule has 1 rings (SSSR count). The first-order chi connectivity index (χ1) is 9.22. The molecule has 0 radical (unpaired) electrons. The third kappa shape index (κ3) is 10.2. The lowest BCUT2D eigenvalue weighted by Crippen LogP contribution is -2.23. The van der Waals surface area contributed by atoms with E-state index in [0.29, 0.717) is 19.8 Å². The van der Waals surface area contributed by atoms with Crippen LogP contribution in [0.2, 0.25) is 0 Å². The van der Waals surface area contributed by atoms with E-state index in [0.717, 1.165) is 12.8 Å². The quantitative estimate of drug-likeness (QED) is 0.290. The highest BCUT2D eigenvalue weighted by molar-refractivity contribution is 4.59. The molecule has 0 saturated carbocycles. The summed E-state index contributed by atoms with van der Waals surface area (Å²) in [5, 5.41) is 27.0. The van der Waals surface area contributed by atoms with Gasteiger partial charge in [-0.2, -0.15) is 0 Å². The Kier molecular flexibility index (Phi) is 9.27. The van der Waals surface area contributed by atoms with Gasteiger partial charge in [-0.1, -0.05) is 0 Å². The van der Waals surface area contributed by atoms with Gasteiger partial charge in [-0.05, 0) is 12.8 Å². The van der Waals surface area contributed by atoms with E-state index in [9.17, 15) is 5.11 Å². The molecule has 7 nitrogen and oxygen atoms in total. The Morgan fingerprint density at radius 3 is 2.11 bits per heavy atom. The number of aliphatic hydroxyl groups excluding tert-OH is 3. The van der Waals surface area contributed by atoms with Gasteiger partial charge in [-0.3, -0.25) is 0 Å². The Morgan fingerprint density at radius 1 is 1.00 bits per heavy atom. The molecule has 1 heterocycles. The van der Waals surface area contributed by atoms with Gasteiger partial charge in [-0.25, -0.2) is 0 Å². The largest absolute Gasteiger partial charge is 0.394 e. The SMILES string of the molecule is OCC(O)COCCCCOCC(O)CO[C@@H]1CO1. The molecule has 0 amide bonds. The van der Waals surface area contributed by atoms with Gasteiger partial charge in [0.05, 0.1) is 26.4 Å². The molecule has 1 fully saturated rings. The molecule has 0 bridgehead atoms. The average Bonchev–Trinajstić information content (AvgIpc) is 3.23. The van der Waals surface area contributed by atoms with E-state index < -0.39 is 12.2 Å². The van der Waals surface area contributed by atoms with Crippen LogP contribution in [0.25, 0.3) is 0 Å². The van der Waals surface area contributed by atoms with Crippen molar-refractivity contribution in [3.63, 3.8) is 0 Å². The normalized spacial score (nSPS) is 21.3. The number of unbranched alkanes of at least 4 members (excludes halogenated alkanes) is 1. The minimum Gasteiger partial charge on any atom is -0.394 e. The predicted octanol–water partition coefficient (Wildman–Crippen LogP) is -1.11. The number of aliphatic hydroxyl groups is 3. The smallest absolute Gasteiger partial charge is 0.181 e. The van der Waals surface area contributed by atoms with Crippen molar-refractivity contribution in [3.05, 3.63) is 0 Å². The lowest BCUT2D eigenvalue weighted by Gasteiger charge is -2.11. The highest BCUT2D eigenvalue weighted by atomic mass is 16.8. The molecule has 0 aliphatic carbocycles. The minimum absolute atomic E-state index is 0.138. The summed E-state index contributed by atoms with van der Waals surface area (Å²) in [7, 11) is 0. The van der Waals surface area contributed by atoms with Crippen LogP contribution in [-0.4, -0.2) is 80.1 Å². The van der Waals surface area contributed by atoms with E-state index in [1.807, 2.05) is 0 Å². The number of epoxide rings is 1. The molecule has 2 unspecified atom stereocenters. The number of hydrogen-bond acceptors (Lipinski definition) is 7. The van der Waals surface area contributed by atoms with Crippen LogP contribution in [0.4, 0.5) is 0 Å². The van der Waals surface area contributed by atoms with E-state index in [-0.39, 0.29) is 32.7 Å². The lowest BCUT2D eigenvalue weighted by molar-refractivity contribution is -0.0443. The van der Waals surface area contributed by atoms with E-state index in [1.54, 1.807) is 0 Å². The van der Waals surface area contributed by atoms with Crippen molar-refractivity contribution in [2.75, 3.05) is 46.2 Å². The van der Waals surface area contributed by atoms with Gasteiger partial charge >= 0.3 is 0 Å². The van der Waals surface area contributed by atoms with Crippen LogP contribution in [0.1, 0.15) is 12.8 Å². The van der Waals surface area contributed by atoms with Crippen LogP contribution in [0.3, 0.4) is 0 Å². The van der Waals surface area contributed by atoms with Gasteiger partial charge in [0.15, 0.2) is 6.29 Å². The molecule has 0 aromatic heterocycles. The molecule has 0 spiro atoms. The molecule has 114 valence electrons. The Balaban J connectivity index is 1.74. The number of ether oxygens (including phenoxy) is 4. The Bertz CT molecular complexity index is 210. The Morgan fingerprint density at radius 2 is 1.58 bits per heavy atom. The second kappa shape index (κ2) is 10.5. The molecule has 1 aliphatic heterocycles. The lowest BCUT2D eigenvalue weighted by atomic mass is 10.3. The van der Waals surface area contributed by atoms with Crippen LogP contribution in [-0.2, 0) is 18.9 Å². The molecule has 1 saturated heterocycles. The maximum Gasteiger partial charge on any atom is 0.181 e. The van der Waals surface area contributed by atoms with Gasteiger partial charge in [-0.15, -0.1) is 0 Å². The molecular formula is C12H24O7. The van der Waals surface area contributed by atoms with Gasteiger partial charge < -0.3 is 34.3 Å². The zero-order chi connectivity index (χ0) is 13.9. The zero-order valence-corrected chi connectivity index (χ0v) is 11.1. The van der Waals surface area contributed by atoms with Crippen LogP contribution < -0.4 is 0 Å². The van der Waals surface area contributed by atoms with E-state index in [2.05, 4.69) is 0 Å². The molecule has 1 aliphatic rings. The summed E-state index contributed by atoms with van der Waals surface area (Å²) in [5.74, 6) is 0. The molecule has 3 atom stereocenters. The fourth-order valence-electron chi connectivity index (χ4n) is 1.30. The Labute approximate surface area is 113 Å². The van der Waals surface area contributed by atoms with Crippen molar-refractivity contribution in [3.8, 4) is 0 Å². The summed E-state index contributed by atoms with van der Waals surface area (Å²) in [6.07, 6.45) is 0.0536. The highest BCUT2D eigenvalue weighted by Gasteiger charge is 2.24. The first-order valence-electron chi connectivity index (χ1n) is 6.58. The molecule has 0 aromatic rings. The predicted molar refractivity (Wildman–Crippen MR) is 65.7 cm³/mol. The summed E-state index contributed by atoms with van der Waals surface area (Å²) in [6, 6.07) is 0. The van der Waals surface area contributed by atoms with Crippen LogP contribution >= 0.6 is 0 Å². The monoisotopic (exact) mass is 280 g/mol. The van der Waals surface area contributed by atoms with Gasteiger partial charge in [0.25, 0.3) is 0 Å². The standard InChI is InChI=1S/C12H24O7/c13-5-10(14)6-16-3-1-2-4-17-7-11(15)8-18-12-9-19-12/h10-15H,1-9H2/t10?,11?,12-/m0/s1. The fraction of sp³-hybridized carbons (Fsp3) is 1.00. The molecule has 7 heteroatoms. The zero-order valence-electron chi connectivity index (χ0n) is 11.1. The minimum atomic E-state index is -0.804. The first kappa shape index (κ1) is 16.8. The van der Waals surface area contributed by atoms with Crippen molar-refractivity contribution >= 4 is 0 Å². The van der Waals surface area contributed by atoms with Crippen molar-refractivity contribution in [2.45, 2.75) is 31.3 Å². The highest BCUT2D eigenvalue weighted by Crippen LogP contribution is 2.10. The number of rotatable bonds is 13. The average molecular weight is 280 g/mol. The van der Waals surface area contributed by atoms with E-state index in [4.69, 9.17) is 29.2 Å². The van der Waals surface area contributed by atoms with E-state index in [1.165, 1.54) is 0 Å². The fourth-order valence-corrected chi connectivity index (χ4v) is 1.30. The second-order valence-electron chi connectivity index (χ2n) is 4.44. The maximum atomic E-state index is 9.47. The van der Waals surface area contributed by atoms with Crippen LogP contribution in [0, 0.1) is 0 Å². The summed E-state index contributed by atoms with van der Waals surface area (Å²) >= 11 is 0. The van der Waals surface area contributed by atoms with Crippen molar-refractivity contribution in [2.24, 2.45) is 0 Å². The number of hydrogen-bond donors (Lipinski definition) is 3. The molecule has 19 heavy (non-hydrogen) atoms. The topological polar surface area (TPSA) is 101 Å². The third-order valence-corrected chi connectivity index (χ3v) is 2.44. The maximum absolute atomic E-state index is 9.47. The van der Waals surface area contributed by atoms with Gasteiger partial charge in [0.1, 0.15) is 18.8 Å². The van der Waals surface area contributed by atoms with Crippen molar-refractivity contribution < 1.29 is 34.3 Å².